The number of methoxy groups -OCH3 is 1. The molecule has 0 saturated heterocycles. The van der Waals surface area contributed by atoms with Gasteiger partial charge in [0.1, 0.15) is 0 Å². The van der Waals surface area contributed by atoms with E-state index in [-0.39, 0.29) is 0 Å². The first-order valence-electron chi connectivity index (χ1n) is 4.87. The molecule has 1 unspecified atom stereocenters. The summed E-state index contributed by atoms with van der Waals surface area (Å²) in [7, 11) is 5.36. The fourth-order valence-corrected chi connectivity index (χ4v) is 2.33. The van der Waals surface area contributed by atoms with Crippen LogP contribution in [-0.4, -0.2) is 48.3 Å². The number of nitrogens with zero attached hydrogens (tertiary/aromatic N) is 2. The summed E-state index contributed by atoms with van der Waals surface area (Å²) in [5.41, 5.74) is 0. The molecule has 1 atom stereocenters. The van der Waals surface area contributed by atoms with Crippen LogP contribution in [0.2, 0.25) is 0 Å². The first-order valence-corrected chi connectivity index (χ1v) is 5.68. The lowest BCUT2D eigenvalue weighted by molar-refractivity contribution is -0.148. The molecule has 16 heavy (non-hydrogen) atoms. The Kier molecular flexibility index (Phi) is 4.85. The molecular formula is C10H16N2O3S. The quantitative estimate of drug-likeness (QED) is 0.803. The molecule has 0 amide bonds. The van der Waals surface area contributed by atoms with Crippen molar-refractivity contribution in [1.82, 2.24) is 9.88 Å². The van der Waals surface area contributed by atoms with Gasteiger partial charge in [0.15, 0.2) is 6.10 Å². The third kappa shape index (κ3) is 3.88. The van der Waals surface area contributed by atoms with Crippen LogP contribution in [0, 0.1) is 0 Å². The SMILES string of the molecule is COC(Cc1ncc(CN(C)C)s1)C(=O)O. The summed E-state index contributed by atoms with van der Waals surface area (Å²) in [6, 6.07) is 0. The van der Waals surface area contributed by atoms with E-state index in [1.54, 1.807) is 6.20 Å². The number of aromatic nitrogens is 1. The van der Waals surface area contributed by atoms with Crippen molar-refractivity contribution in [2.45, 2.75) is 19.1 Å². The minimum Gasteiger partial charge on any atom is -0.479 e. The van der Waals surface area contributed by atoms with Crippen molar-refractivity contribution in [1.29, 1.82) is 0 Å². The van der Waals surface area contributed by atoms with E-state index in [0.717, 1.165) is 16.4 Å². The lowest BCUT2D eigenvalue weighted by Gasteiger charge is -2.07. The molecule has 90 valence electrons. The lowest BCUT2D eigenvalue weighted by atomic mass is 10.2. The standard InChI is InChI=1S/C10H16N2O3S/c1-12(2)6-7-5-11-9(16-7)4-8(15-3)10(13)14/h5,8H,4,6H2,1-3H3,(H,13,14). The molecule has 0 fully saturated rings. The van der Waals surface area contributed by atoms with E-state index in [9.17, 15) is 4.79 Å². The third-order valence-electron chi connectivity index (χ3n) is 1.99. The van der Waals surface area contributed by atoms with Crippen LogP contribution in [-0.2, 0) is 22.5 Å². The van der Waals surface area contributed by atoms with E-state index in [4.69, 9.17) is 9.84 Å². The molecular weight excluding hydrogens is 228 g/mol. The van der Waals surface area contributed by atoms with Gasteiger partial charge in [-0.1, -0.05) is 0 Å². The van der Waals surface area contributed by atoms with Crippen LogP contribution < -0.4 is 0 Å². The second-order valence-corrected chi connectivity index (χ2v) is 4.92. The number of carbonyl (C=O) groups is 1. The number of aliphatic carboxylic acids is 1. The first kappa shape index (κ1) is 13.1. The summed E-state index contributed by atoms with van der Waals surface area (Å²) in [6.45, 7) is 0.822. The molecule has 0 saturated carbocycles. The molecule has 1 N–H and O–H groups in total. The zero-order chi connectivity index (χ0) is 12.1. The Bertz CT molecular complexity index is 352. The summed E-state index contributed by atoms with van der Waals surface area (Å²) >= 11 is 1.53. The van der Waals surface area contributed by atoms with Crippen LogP contribution in [0.3, 0.4) is 0 Å². The third-order valence-corrected chi connectivity index (χ3v) is 3.00. The van der Waals surface area contributed by atoms with Crippen molar-refractivity contribution < 1.29 is 14.6 Å². The molecule has 0 aliphatic carbocycles. The fraction of sp³-hybridized carbons (Fsp3) is 0.600. The molecule has 0 spiro atoms. The monoisotopic (exact) mass is 244 g/mol. The molecule has 1 aromatic heterocycles. The number of rotatable bonds is 6. The van der Waals surface area contributed by atoms with Crippen molar-refractivity contribution in [3.05, 3.63) is 16.1 Å². The molecule has 0 bridgehead atoms. The van der Waals surface area contributed by atoms with E-state index < -0.39 is 12.1 Å². The fourth-order valence-electron chi connectivity index (χ4n) is 1.26. The summed E-state index contributed by atoms with van der Waals surface area (Å²) in [6.07, 6.45) is 1.30. The molecule has 6 heteroatoms. The van der Waals surface area contributed by atoms with Gasteiger partial charge in [0, 0.05) is 31.1 Å². The van der Waals surface area contributed by atoms with Crippen LogP contribution >= 0.6 is 11.3 Å². The van der Waals surface area contributed by atoms with Gasteiger partial charge in [-0.3, -0.25) is 0 Å². The van der Waals surface area contributed by atoms with Crippen molar-refractivity contribution >= 4 is 17.3 Å². The van der Waals surface area contributed by atoms with Crippen molar-refractivity contribution in [2.24, 2.45) is 0 Å². The predicted octanol–water partition coefficient (Wildman–Crippen LogP) is 0.847. The highest BCUT2D eigenvalue weighted by molar-refractivity contribution is 7.11. The summed E-state index contributed by atoms with van der Waals surface area (Å²) in [5.74, 6) is -0.952. The van der Waals surface area contributed by atoms with E-state index in [1.807, 2.05) is 19.0 Å². The predicted molar refractivity (Wildman–Crippen MR) is 61.6 cm³/mol. The van der Waals surface area contributed by atoms with Gasteiger partial charge in [-0.05, 0) is 14.1 Å². The zero-order valence-electron chi connectivity index (χ0n) is 9.64. The summed E-state index contributed by atoms with van der Waals surface area (Å²) < 4.78 is 4.86. The minimum absolute atomic E-state index is 0.323. The van der Waals surface area contributed by atoms with E-state index in [2.05, 4.69) is 4.98 Å². The van der Waals surface area contributed by atoms with E-state index >= 15 is 0 Å². The maximum absolute atomic E-state index is 10.8. The van der Waals surface area contributed by atoms with Gasteiger partial charge in [-0.25, -0.2) is 9.78 Å². The molecule has 5 nitrogen and oxygen atoms in total. The number of carboxylic acids is 1. The average molecular weight is 244 g/mol. The molecule has 0 aliphatic heterocycles. The average Bonchev–Trinajstić information content (AvgIpc) is 2.60. The second-order valence-electron chi connectivity index (χ2n) is 3.72. The maximum Gasteiger partial charge on any atom is 0.333 e. The summed E-state index contributed by atoms with van der Waals surface area (Å²) in [5, 5.41) is 9.63. The van der Waals surface area contributed by atoms with Crippen molar-refractivity contribution in [3.8, 4) is 0 Å². The topological polar surface area (TPSA) is 62.7 Å². The normalized spacial score (nSPS) is 13.0. The van der Waals surface area contributed by atoms with Gasteiger partial charge in [0.05, 0.1) is 5.01 Å². The largest absolute Gasteiger partial charge is 0.479 e. The molecule has 1 heterocycles. The van der Waals surface area contributed by atoms with Gasteiger partial charge in [0.2, 0.25) is 0 Å². The molecule has 1 rings (SSSR count). The Hall–Kier alpha value is -0.980. The number of hydrogen-bond acceptors (Lipinski definition) is 5. The van der Waals surface area contributed by atoms with Gasteiger partial charge >= 0.3 is 5.97 Å². The van der Waals surface area contributed by atoms with Crippen LogP contribution in [0.25, 0.3) is 0 Å². The Balaban J connectivity index is 2.60. The minimum atomic E-state index is -0.952. The molecule has 1 aromatic rings. The van der Waals surface area contributed by atoms with Gasteiger partial charge in [-0.15, -0.1) is 11.3 Å². The van der Waals surface area contributed by atoms with E-state index in [0.29, 0.717) is 6.42 Å². The molecule has 0 aromatic carbocycles. The van der Waals surface area contributed by atoms with Crippen molar-refractivity contribution in [2.75, 3.05) is 21.2 Å². The Morgan fingerprint density at radius 3 is 2.88 bits per heavy atom. The van der Waals surface area contributed by atoms with Crippen LogP contribution in [0.5, 0.6) is 0 Å². The molecule has 0 radical (unpaired) electrons. The smallest absolute Gasteiger partial charge is 0.333 e. The zero-order valence-corrected chi connectivity index (χ0v) is 10.5. The van der Waals surface area contributed by atoms with E-state index in [1.165, 1.54) is 18.4 Å². The Labute approximate surface area is 98.7 Å². The number of hydrogen-bond donors (Lipinski definition) is 1. The highest BCUT2D eigenvalue weighted by Gasteiger charge is 2.18. The number of carboxylic acid groups (broad SMARTS) is 1. The van der Waals surface area contributed by atoms with Crippen molar-refractivity contribution in [3.63, 3.8) is 0 Å². The number of thiazole rings is 1. The highest BCUT2D eigenvalue weighted by Crippen LogP contribution is 2.16. The lowest BCUT2D eigenvalue weighted by Crippen LogP contribution is -2.24. The van der Waals surface area contributed by atoms with Crippen LogP contribution in [0.15, 0.2) is 6.20 Å². The Morgan fingerprint density at radius 1 is 1.69 bits per heavy atom. The van der Waals surface area contributed by atoms with Crippen LogP contribution in [0.4, 0.5) is 0 Å². The number of ether oxygens (including phenoxy) is 1. The summed E-state index contributed by atoms with van der Waals surface area (Å²) in [4.78, 5) is 18.1. The van der Waals surface area contributed by atoms with Crippen LogP contribution in [0.1, 0.15) is 9.88 Å². The second kappa shape index (κ2) is 5.93. The van der Waals surface area contributed by atoms with Gasteiger partial charge in [-0.2, -0.15) is 0 Å². The Morgan fingerprint density at radius 2 is 2.38 bits per heavy atom. The maximum atomic E-state index is 10.8. The first-order chi connectivity index (χ1) is 7.52. The van der Waals surface area contributed by atoms with Gasteiger partial charge in [0.25, 0.3) is 0 Å². The highest BCUT2D eigenvalue weighted by atomic mass is 32.1. The molecule has 0 aliphatic rings. The van der Waals surface area contributed by atoms with Gasteiger partial charge < -0.3 is 14.7 Å².